The molecule has 0 saturated carbocycles. The topological polar surface area (TPSA) is 72.3 Å². The third kappa shape index (κ3) is 4.62. The zero-order chi connectivity index (χ0) is 15.4. The molecule has 1 atom stereocenters. The first-order chi connectivity index (χ1) is 9.15. The van der Waals surface area contributed by atoms with E-state index in [-0.39, 0.29) is 5.41 Å². The van der Waals surface area contributed by atoms with E-state index in [9.17, 15) is 4.79 Å². The third-order valence-corrected chi connectivity index (χ3v) is 3.36. The summed E-state index contributed by atoms with van der Waals surface area (Å²) >= 11 is 0. The molecule has 0 radical (unpaired) electrons. The number of hydrogen-bond acceptors (Lipinski definition) is 3. The predicted octanol–water partition coefficient (Wildman–Crippen LogP) is 1.69. The molecule has 0 bridgehead atoms. The Morgan fingerprint density at radius 1 is 1.20 bits per heavy atom. The monoisotopic (exact) mass is 277 g/mol. The number of benzene rings is 1. The van der Waals surface area contributed by atoms with Crippen LogP contribution in [0, 0.1) is 5.41 Å². The van der Waals surface area contributed by atoms with Crippen molar-refractivity contribution < 1.29 is 4.79 Å². The lowest BCUT2D eigenvalue weighted by Crippen LogP contribution is -2.51. The molecule has 0 aliphatic rings. The van der Waals surface area contributed by atoms with Crippen LogP contribution in [0.2, 0.25) is 0 Å². The Kier molecular flexibility index (Phi) is 5.31. The molecule has 1 aromatic carbocycles. The Morgan fingerprint density at radius 2 is 1.75 bits per heavy atom. The summed E-state index contributed by atoms with van der Waals surface area (Å²) in [5.74, 6) is -0.479. The average molecular weight is 277 g/mol. The number of nitrogens with zero attached hydrogens (tertiary/aromatic N) is 1. The van der Waals surface area contributed by atoms with Gasteiger partial charge in [-0.05, 0) is 24.4 Å². The number of nitrogens with two attached hydrogens (primary N) is 2. The van der Waals surface area contributed by atoms with E-state index in [4.69, 9.17) is 11.5 Å². The van der Waals surface area contributed by atoms with Crippen LogP contribution in [0.4, 0.5) is 0 Å². The molecule has 20 heavy (non-hydrogen) atoms. The van der Waals surface area contributed by atoms with Crippen molar-refractivity contribution >= 4 is 5.91 Å². The molecule has 0 aliphatic carbocycles. The fraction of sp³-hybridized carbons (Fsp3) is 0.562. The maximum atomic E-state index is 11.8. The van der Waals surface area contributed by atoms with Crippen LogP contribution >= 0.6 is 0 Å². The third-order valence-electron chi connectivity index (χ3n) is 3.36. The van der Waals surface area contributed by atoms with Crippen molar-refractivity contribution in [1.82, 2.24) is 4.90 Å². The number of rotatable bonds is 6. The van der Waals surface area contributed by atoms with Crippen molar-refractivity contribution in [1.29, 1.82) is 0 Å². The summed E-state index contributed by atoms with van der Waals surface area (Å²) in [6.07, 6.45) is 0.513. The van der Waals surface area contributed by atoms with Gasteiger partial charge in [-0.1, -0.05) is 51.1 Å². The lowest BCUT2D eigenvalue weighted by molar-refractivity contribution is -0.123. The Bertz CT molecular complexity index is 439. The molecule has 0 heterocycles. The van der Waals surface area contributed by atoms with Gasteiger partial charge in [-0.25, -0.2) is 0 Å². The molecule has 0 aliphatic heterocycles. The van der Waals surface area contributed by atoms with Gasteiger partial charge in [0.15, 0.2) is 0 Å². The first kappa shape index (κ1) is 16.7. The quantitative estimate of drug-likeness (QED) is 0.831. The van der Waals surface area contributed by atoms with Crippen LogP contribution in [0.15, 0.2) is 30.3 Å². The second-order valence-electron chi connectivity index (χ2n) is 6.75. The fourth-order valence-electron chi connectivity index (χ4n) is 2.40. The van der Waals surface area contributed by atoms with E-state index in [0.717, 1.165) is 18.7 Å². The molecular weight excluding hydrogens is 250 g/mol. The lowest BCUT2D eigenvalue weighted by Gasteiger charge is -2.31. The van der Waals surface area contributed by atoms with Crippen LogP contribution in [0.5, 0.6) is 0 Å². The van der Waals surface area contributed by atoms with Crippen molar-refractivity contribution in [3.8, 4) is 0 Å². The van der Waals surface area contributed by atoms with Gasteiger partial charge in [-0.2, -0.15) is 0 Å². The zero-order valence-corrected chi connectivity index (χ0v) is 13.0. The first-order valence-corrected chi connectivity index (χ1v) is 6.98. The molecule has 0 spiro atoms. The van der Waals surface area contributed by atoms with E-state index in [1.54, 1.807) is 0 Å². The highest BCUT2D eigenvalue weighted by Gasteiger charge is 2.34. The van der Waals surface area contributed by atoms with E-state index in [0.29, 0.717) is 6.42 Å². The molecule has 0 fully saturated rings. The number of amides is 1. The largest absolute Gasteiger partial charge is 0.368 e. The highest BCUT2D eigenvalue weighted by atomic mass is 16.1. The summed E-state index contributed by atoms with van der Waals surface area (Å²) in [4.78, 5) is 14.0. The summed E-state index contributed by atoms with van der Waals surface area (Å²) < 4.78 is 0. The standard InChI is InChI=1S/C16H27N3O/c1-15(2,3)12-19(4)11-10-16(18,14(17)20)13-8-6-5-7-9-13/h5-9H,10-12,18H2,1-4H3,(H2,17,20). The zero-order valence-electron chi connectivity index (χ0n) is 13.0. The molecule has 4 heteroatoms. The van der Waals surface area contributed by atoms with E-state index >= 15 is 0 Å². The van der Waals surface area contributed by atoms with E-state index in [1.807, 2.05) is 37.4 Å². The summed E-state index contributed by atoms with van der Waals surface area (Å²) in [6.45, 7) is 8.22. The van der Waals surface area contributed by atoms with Gasteiger partial charge >= 0.3 is 0 Å². The van der Waals surface area contributed by atoms with Crippen LogP contribution in [0.3, 0.4) is 0 Å². The highest BCUT2D eigenvalue weighted by Crippen LogP contribution is 2.23. The van der Waals surface area contributed by atoms with Crippen molar-refractivity contribution in [3.05, 3.63) is 35.9 Å². The van der Waals surface area contributed by atoms with Crippen LogP contribution in [-0.2, 0) is 10.3 Å². The van der Waals surface area contributed by atoms with E-state index < -0.39 is 11.4 Å². The molecule has 1 rings (SSSR count). The molecular formula is C16H27N3O. The van der Waals surface area contributed by atoms with Crippen molar-refractivity contribution in [2.24, 2.45) is 16.9 Å². The molecule has 1 aromatic rings. The predicted molar refractivity (Wildman–Crippen MR) is 83.1 cm³/mol. The molecule has 1 unspecified atom stereocenters. The average Bonchev–Trinajstić information content (AvgIpc) is 2.34. The Hall–Kier alpha value is -1.39. The molecule has 112 valence electrons. The number of primary amides is 1. The van der Waals surface area contributed by atoms with Crippen LogP contribution < -0.4 is 11.5 Å². The van der Waals surface area contributed by atoms with E-state index in [2.05, 4.69) is 25.7 Å². The normalized spacial score (nSPS) is 15.1. The van der Waals surface area contributed by atoms with Gasteiger partial charge in [0.05, 0.1) is 0 Å². The lowest BCUT2D eigenvalue weighted by atomic mass is 9.86. The van der Waals surface area contributed by atoms with Crippen LogP contribution in [-0.4, -0.2) is 30.9 Å². The smallest absolute Gasteiger partial charge is 0.242 e. The van der Waals surface area contributed by atoms with Crippen molar-refractivity contribution in [3.63, 3.8) is 0 Å². The Balaban J connectivity index is 2.77. The van der Waals surface area contributed by atoms with Gasteiger partial charge in [-0.3, -0.25) is 4.79 Å². The van der Waals surface area contributed by atoms with Gasteiger partial charge in [0.1, 0.15) is 5.54 Å². The van der Waals surface area contributed by atoms with Gasteiger partial charge in [0.2, 0.25) is 5.91 Å². The first-order valence-electron chi connectivity index (χ1n) is 6.98. The number of carbonyl (C=O) groups is 1. The van der Waals surface area contributed by atoms with Crippen molar-refractivity contribution in [2.45, 2.75) is 32.7 Å². The molecule has 0 saturated heterocycles. The molecule has 1 amide bonds. The summed E-state index contributed by atoms with van der Waals surface area (Å²) in [7, 11) is 2.04. The summed E-state index contributed by atoms with van der Waals surface area (Å²) in [5.41, 5.74) is 11.7. The van der Waals surface area contributed by atoms with Crippen LogP contribution in [0.1, 0.15) is 32.8 Å². The summed E-state index contributed by atoms with van der Waals surface area (Å²) in [6, 6.07) is 9.36. The van der Waals surface area contributed by atoms with Crippen molar-refractivity contribution in [2.75, 3.05) is 20.1 Å². The number of hydrogen-bond donors (Lipinski definition) is 2. The second-order valence-corrected chi connectivity index (χ2v) is 6.75. The maximum Gasteiger partial charge on any atom is 0.242 e. The van der Waals surface area contributed by atoms with Gasteiger partial charge in [0.25, 0.3) is 0 Å². The molecule has 4 N–H and O–H groups in total. The van der Waals surface area contributed by atoms with E-state index in [1.165, 1.54) is 0 Å². The minimum atomic E-state index is -1.10. The molecule has 0 aromatic heterocycles. The SMILES string of the molecule is CN(CCC(N)(C(N)=O)c1ccccc1)CC(C)(C)C. The minimum Gasteiger partial charge on any atom is -0.368 e. The Morgan fingerprint density at radius 3 is 2.20 bits per heavy atom. The Labute approximate surface area is 122 Å². The van der Waals surface area contributed by atoms with Gasteiger partial charge in [0, 0.05) is 13.1 Å². The summed E-state index contributed by atoms with van der Waals surface area (Å²) in [5, 5.41) is 0. The maximum absolute atomic E-state index is 11.8. The minimum absolute atomic E-state index is 0.214. The molecule has 4 nitrogen and oxygen atoms in total. The fourth-order valence-corrected chi connectivity index (χ4v) is 2.40. The highest BCUT2D eigenvalue weighted by molar-refractivity contribution is 5.85. The van der Waals surface area contributed by atoms with Gasteiger partial charge < -0.3 is 16.4 Å². The second kappa shape index (κ2) is 6.37. The van der Waals surface area contributed by atoms with Gasteiger partial charge in [-0.15, -0.1) is 0 Å². The van der Waals surface area contributed by atoms with Crippen LogP contribution in [0.25, 0.3) is 0 Å². The number of carbonyl (C=O) groups excluding carboxylic acids is 1.